The first-order valence-corrected chi connectivity index (χ1v) is 27.2. The largest absolute Gasteiger partial charge is 0.490 e. The third-order valence-corrected chi connectivity index (χ3v) is 14.5. The van der Waals surface area contributed by atoms with Crippen molar-refractivity contribution in [3.8, 4) is 5.75 Å². The van der Waals surface area contributed by atoms with Gasteiger partial charge in [-0.25, -0.2) is 22.5 Å². The number of alkyl halides is 18. The van der Waals surface area contributed by atoms with Crippen molar-refractivity contribution in [1.29, 1.82) is 0 Å². The molecule has 5 aromatic carbocycles. The highest BCUT2D eigenvalue weighted by molar-refractivity contribution is 5.94. The van der Waals surface area contributed by atoms with Crippen LogP contribution in [0.25, 0.3) is 0 Å². The molecule has 1 aromatic heterocycles. The Hall–Kier alpha value is -7.55. The average molecular weight is 1360 g/mol. The number of Topliss-reactive ketones (excluding diaryl/α,β-unsaturated/α-hetero) is 1. The van der Waals surface area contributed by atoms with E-state index in [1.807, 2.05) is 4.90 Å². The second-order valence-electron chi connectivity index (χ2n) is 21.1. The summed E-state index contributed by atoms with van der Waals surface area (Å²) in [6, 6.07) is 13.3. The van der Waals surface area contributed by atoms with E-state index in [4.69, 9.17) is 28.8 Å². The maximum atomic E-state index is 13.5. The Bertz CT molecular complexity index is 3520. The fraction of sp³-hybridized carbons (Fsp3) is 0.393. The molecule has 10 nitrogen and oxygen atoms in total. The number of benzene rings is 5. The fourth-order valence-corrected chi connectivity index (χ4v) is 9.86. The van der Waals surface area contributed by atoms with Crippen LogP contribution in [-0.2, 0) is 67.6 Å². The number of nitrogens with zero attached hydrogens (tertiary/aromatic N) is 2. The molecule has 32 heteroatoms. The summed E-state index contributed by atoms with van der Waals surface area (Å²) in [5.41, 5.74) is -7.08. The average Bonchev–Trinajstić information content (AvgIpc) is 1.74. The molecule has 4 fully saturated rings. The van der Waals surface area contributed by atoms with Crippen LogP contribution in [0, 0.1) is 23.3 Å². The predicted molar refractivity (Wildman–Crippen MR) is 284 cm³/mol. The number of ether oxygens (including phenoxy) is 5. The van der Waals surface area contributed by atoms with Crippen molar-refractivity contribution in [2.75, 3.05) is 31.3 Å². The van der Waals surface area contributed by atoms with Crippen LogP contribution in [0.3, 0.4) is 0 Å². The molecular formula is C61H52F22N2O8. The van der Waals surface area contributed by atoms with Gasteiger partial charge >= 0.3 is 37.1 Å². The summed E-state index contributed by atoms with van der Waals surface area (Å²) in [5.74, 6) is -6.27. The third-order valence-electron chi connectivity index (χ3n) is 14.5. The van der Waals surface area contributed by atoms with Crippen molar-refractivity contribution in [1.82, 2.24) is 4.98 Å². The van der Waals surface area contributed by atoms with Gasteiger partial charge in [-0.3, -0.25) is 9.59 Å². The van der Waals surface area contributed by atoms with Crippen molar-refractivity contribution in [2.45, 2.75) is 126 Å². The zero-order chi connectivity index (χ0) is 69.6. The monoisotopic (exact) mass is 1360 g/mol. The van der Waals surface area contributed by atoms with Crippen molar-refractivity contribution >= 4 is 17.9 Å². The lowest BCUT2D eigenvalue weighted by Gasteiger charge is -2.40. The molecule has 3 unspecified atom stereocenters. The summed E-state index contributed by atoms with van der Waals surface area (Å²) in [6.45, 7) is 6.17. The lowest BCUT2D eigenvalue weighted by atomic mass is 9.98. The Morgan fingerprint density at radius 3 is 1.35 bits per heavy atom. The molecule has 6 aromatic rings. The Labute approximate surface area is 514 Å². The minimum absolute atomic E-state index is 0.00968. The van der Waals surface area contributed by atoms with Crippen LogP contribution in [0.15, 0.2) is 109 Å². The number of piperidine rings is 1. The molecule has 0 aliphatic carbocycles. The first-order chi connectivity index (χ1) is 42.9. The Kier molecular flexibility index (Phi) is 23.2. The van der Waals surface area contributed by atoms with Crippen molar-refractivity contribution in [2.24, 2.45) is 0 Å². The summed E-state index contributed by atoms with van der Waals surface area (Å²) in [4.78, 5) is 26.9. The SMILES string of the molecule is CC(=O)c1cc(C(F)(F)F)ccc1F.CC(O)c1cc(C(F)(F)F)ccc1F.CC1(c2cc(C(F)(F)F)ccc2F)OCCO1.CC1(c2cc(C(F)(F)F)ccc2OC2CC3CC[C@@H](C2)N3c2ccc(C(F)(F)F)cn2)OCCO1.O=Cc1cc(C(F)(F)F)ccc1F. The zero-order valence-electron chi connectivity index (χ0n) is 48.5. The molecule has 10 rings (SSSR count). The lowest BCUT2D eigenvalue weighted by Crippen LogP contribution is -2.47. The first-order valence-electron chi connectivity index (χ1n) is 27.2. The molecule has 0 saturated carbocycles. The fourth-order valence-electron chi connectivity index (χ4n) is 9.86. The van der Waals surface area contributed by atoms with Crippen molar-refractivity contribution < 1.29 is 135 Å². The summed E-state index contributed by atoms with van der Waals surface area (Å²) < 4.78 is 305. The third kappa shape index (κ3) is 19.3. The number of anilines is 1. The highest BCUT2D eigenvalue weighted by Gasteiger charge is 2.46. The number of hydrogen-bond donors (Lipinski definition) is 1. The van der Waals surface area contributed by atoms with Gasteiger partial charge in [0.2, 0.25) is 0 Å². The molecular weight excluding hydrogens is 1310 g/mol. The van der Waals surface area contributed by atoms with Gasteiger partial charge in [-0.15, -0.1) is 0 Å². The van der Waals surface area contributed by atoms with E-state index >= 15 is 0 Å². The minimum atomic E-state index is -4.56. The highest BCUT2D eigenvalue weighted by atomic mass is 19.4. The molecule has 4 aliphatic heterocycles. The van der Waals surface area contributed by atoms with Crippen LogP contribution >= 0.6 is 0 Å². The number of ketones is 1. The molecule has 508 valence electrons. The number of carbonyl (C=O) groups is 2. The molecule has 5 heterocycles. The number of carbonyl (C=O) groups excluding carboxylic acids is 2. The van der Waals surface area contributed by atoms with Gasteiger partial charge in [-0.05, 0) is 144 Å². The standard InChI is InChI=1S/C24H24F6N2O3.C11H10F4O2.C9H8F4O.C9H6F4O.C8H4F4O/c1-22(33-8-9-34-22)19-10-14(23(25,26)27)2-6-20(19)35-18-11-16-4-5-17(12-18)32(16)21-7-3-15(13-31-21)24(28,29)30;1-10(16-4-5-17-10)8-6-7(11(13,14)15)2-3-9(8)12;2*1-5(14)7-4-6(9(11,12)13)2-3-8(7)10;9-7-2-1-6(8(10,11)12)3-5(7)4-13/h2-3,6-7,10,13,16-18H,4-5,8-9,11-12H2,1H3;2-3,6H,4-5H2,1H3;2-5,14H,1H3;2-4H,1H3;1-4H/t16-,17?,18?;;;;/m0..../s1. The summed E-state index contributed by atoms with van der Waals surface area (Å²) in [7, 11) is 0. The lowest BCUT2D eigenvalue weighted by molar-refractivity contribution is -0.154. The molecule has 4 atom stereocenters. The second kappa shape index (κ2) is 29.0. The van der Waals surface area contributed by atoms with Crippen LogP contribution in [0.4, 0.5) is 102 Å². The van der Waals surface area contributed by atoms with Gasteiger partial charge in [0.1, 0.15) is 40.9 Å². The summed E-state index contributed by atoms with van der Waals surface area (Å²) in [5, 5.41) is 8.99. The predicted octanol–water partition coefficient (Wildman–Crippen LogP) is 17.6. The molecule has 0 radical (unpaired) electrons. The van der Waals surface area contributed by atoms with Crippen molar-refractivity contribution in [3.63, 3.8) is 0 Å². The normalized spacial score (nSPS) is 18.9. The van der Waals surface area contributed by atoms with Crippen LogP contribution in [0.2, 0.25) is 0 Å². The molecule has 4 saturated heterocycles. The molecule has 0 amide bonds. The van der Waals surface area contributed by atoms with E-state index in [0.29, 0.717) is 79.3 Å². The Morgan fingerprint density at radius 1 is 0.538 bits per heavy atom. The molecule has 0 spiro atoms. The van der Waals surface area contributed by atoms with E-state index in [1.165, 1.54) is 26.0 Å². The second-order valence-corrected chi connectivity index (χ2v) is 21.1. The summed E-state index contributed by atoms with van der Waals surface area (Å²) >= 11 is 0. The Morgan fingerprint density at radius 2 is 0.925 bits per heavy atom. The van der Waals surface area contributed by atoms with Crippen LogP contribution < -0.4 is 9.64 Å². The Balaban J connectivity index is 0.000000200. The van der Waals surface area contributed by atoms with E-state index in [0.717, 1.165) is 56.3 Å². The van der Waals surface area contributed by atoms with Gasteiger partial charge in [0.25, 0.3) is 0 Å². The number of fused-ring (bicyclic) bond motifs is 2. The van der Waals surface area contributed by atoms with Gasteiger partial charge in [0, 0.05) is 42.2 Å². The molecule has 1 N–H and O–H groups in total. The molecule has 4 aliphatic rings. The first kappa shape index (κ1) is 74.5. The van der Waals surface area contributed by atoms with E-state index in [2.05, 4.69) is 4.98 Å². The zero-order valence-corrected chi connectivity index (χ0v) is 48.5. The van der Waals surface area contributed by atoms with E-state index in [-0.39, 0.29) is 73.3 Å². The van der Waals surface area contributed by atoms with Crippen LogP contribution in [-0.4, -0.2) is 66.8 Å². The maximum absolute atomic E-state index is 13.5. The van der Waals surface area contributed by atoms with Gasteiger partial charge in [0.05, 0.1) is 82.6 Å². The summed E-state index contributed by atoms with van der Waals surface area (Å²) in [6.07, 6.45) is -25.0. The molecule has 2 bridgehead atoms. The number of halogens is 22. The van der Waals surface area contributed by atoms with E-state index in [1.54, 1.807) is 6.92 Å². The topological polar surface area (TPSA) is 117 Å². The van der Waals surface area contributed by atoms with Crippen LogP contribution in [0.5, 0.6) is 5.75 Å². The minimum Gasteiger partial charge on any atom is -0.490 e. The van der Waals surface area contributed by atoms with Gasteiger partial charge < -0.3 is 33.7 Å². The smallest absolute Gasteiger partial charge is 0.417 e. The van der Waals surface area contributed by atoms with Crippen molar-refractivity contribution in [3.05, 3.63) is 194 Å². The number of pyridine rings is 1. The number of aldehydes is 1. The maximum Gasteiger partial charge on any atom is 0.417 e. The number of rotatable bonds is 8. The van der Waals surface area contributed by atoms with E-state index in [9.17, 15) is 106 Å². The van der Waals surface area contributed by atoms with Gasteiger partial charge in [-0.2, -0.15) is 79.0 Å². The highest BCUT2D eigenvalue weighted by Crippen LogP contribution is 2.46. The number of aliphatic hydroxyl groups excluding tert-OH is 1. The quantitative estimate of drug-likeness (QED) is 0.0897. The molecule has 93 heavy (non-hydrogen) atoms. The number of aliphatic hydroxyl groups is 1. The van der Waals surface area contributed by atoms with Crippen LogP contribution in [0.1, 0.15) is 130 Å². The van der Waals surface area contributed by atoms with E-state index < -0.39 is 128 Å². The van der Waals surface area contributed by atoms with Gasteiger partial charge in [-0.1, -0.05) is 0 Å². The number of hydrogen-bond acceptors (Lipinski definition) is 10. The van der Waals surface area contributed by atoms with Gasteiger partial charge in [0.15, 0.2) is 23.6 Å². The number of aromatic nitrogens is 1.